The highest BCUT2D eigenvalue weighted by Gasteiger charge is 2.25. The van der Waals surface area contributed by atoms with Crippen LogP contribution in [-0.2, 0) is 28.6 Å². The lowest BCUT2D eigenvalue weighted by molar-refractivity contribution is -0.889. The number of aliphatic carboxylic acids is 1. The molecular formula is C55H97NO7. The molecule has 0 N–H and O–H groups in total. The van der Waals surface area contributed by atoms with E-state index in [1.807, 2.05) is 0 Å². The lowest BCUT2D eigenvalue weighted by atomic mass is 10.1. The van der Waals surface area contributed by atoms with Crippen molar-refractivity contribution in [2.45, 2.75) is 231 Å². The largest absolute Gasteiger partial charge is 0.544 e. The molecule has 0 saturated carbocycles. The van der Waals surface area contributed by atoms with Crippen molar-refractivity contribution >= 4 is 17.9 Å². The van der Waals surface area contributed by atoms with Crippen molar-refractivity contribution in [3.05, 3.63) is 60.8 Å². The zero-order chi connectivity index (χ0) is 46.3. The molecule has 8 nitrogen and oxygen atoms in total. The van der Waals surface area contributed by atoms with Gasteiger partial charge in [0, 0.05) is 19.3 Å². The van der Waals surface area contributed by atoms with Crippen molar-refractivity contribution in [3.63, 3.8) is 0 Å². The van der Waals surface area contributed by atoms with Gasteiger partial charge in [0.05, 0.1) is 40.3 Å². The average Bonchev–Trinajstić information content (AvgIpc) is 3.24. The molecule has 0 rings (SSSR count). The van der Waals surface area contributed by atoms with Crippen molar-refractivity contribution in [3.8, 4) is 0 Å². The molecule has 0 aliphatic carbocycles. The van der Waals surface area contributed by atoms with Crippen molar-refractivity contribution < 1.29 is 38.2 Å². The minimum Gasteiger partial charge on any atom is -0.544 e. The van der Waals surface area contributed by atoms with Crippen molar-refractivity contribution in [2.75, 3.05) is 41.0 Å². The Kier molecular flexibility index (Phi) is 43.4. The molecule has 8 heteroatoms. The Bertz CT molecular complexity index is 1210. The number of allylic oxidation sites excluding steroid dienone is 10. The van der Waals surface area contributed by atoms with Gasteiger partial charge in [0.1, 0.15) is 12.6 Å². The van der Waals surface area contributed by atoms with E-state index < -0.39 is 18.1 Å². The SMILES string of the molecule is CCCCCCCC/C=C/C/C=C/C/C=C/CCCC(=O)OCC(COCCC(C(=O)[O-])[N+](C)(C)C)OC(=O)CCCCCCCCC/C=C/C/C=C/CCCCCCCCCC. The summed E-state index contributed by atoms with van der Waals surface area (Å²) in [4.78, 5) is 37.0. The second-order valence-electron chi connectivity index (χ2n) is 18.4. The quantitative estimate of drug-likeness (QED) is 0.0260. The van der Waals surface area contributed by atoms with E-state index in [4.69, 9.17) is 14.2 Å². The summed E-state index contributed by atoms with van der Waals surface area (Å²) in [6, 6.07) is -0.737. The van der Waals surface area contributed by atoms with E-state index in [0.717, 1.165) is 57.8 Å². The average molecular weight is 884 g/mol. The topological polar surface area (TPSA) is 102 Å². The third kappa shape index (κ3) is 44.0. The highest BCUT2D eigenvalue weighted by Crippen LogP contribution is 2.14. The van der Waals surface area contributed by atoms with E-state index in [9.17, 15) is 19.5 Å². The number of unbranched alkanes of at least 4 members (excludes halogenated alkanes) is 22. The normalized spacial score (nSPS) is 13.3. The van der Waals surface area contributed by atoms with Gasteiger partial charge in [-0.1, -0.05) is 184 Å². The molecule has 63 heavy (non-hydrogen) atoms. The van der Waals surface area contributed by atoms with Gasteiger partial charge in [-0.3, -0.25) is 9.59 Å². The number of likely N-dealkylation sites (N-methyl/N-ethyl adjacent to an activating group) is 1. The second kappa shape index (κ2) is 45.6. The molecule has 0 aromatic heterocycles. The molecule has 0 heterocycles. The summed E-state index contributed by atoms with van der Waals surface area (Å²) >= 11 is 0. The van der Waals surface area contributed by atoms with Crippen LogP contribution in [0, 0.1) is 0 Å². The van der Waals surface area contributed by atoms with Crippen LogP contribution in [0.25, 0.3) is 0 Å². The fourth-order valence-corrected chi connectivity index (χ4v) is 7.35. The third-order valence-electron chi connectivity index (χ3n) is 11.4. The maximum absolute atomic E-state index is 12.8. The van der Waals surface area contributed by atoms with Gasteiger partial charge in [-0.2, -0.15) is 0 Å². The number of rotatable bonds is 46. The van der Waals surface area contributed by atoms with E-state index in [2.05, 4.69) is 74.6 Å². The zero-order valence-electron chi connectivity index (χ0n) is 41.5. The van der Waals surface area contributed by atoms with Crippen LogP contribution in [-0.4, -0.2) is 75.5 Å². The Labute approximate surface area is 388 Å². The fourth-order valence-electron chi connectivity index (χ4n) is 7.35. The van der Waals surface area contributed by atoms with E-state index in [-0.39, 0.29) is 49.1 Å². The Morgan fingerprint density at radius 1 is 0.476 bits per heavy atom. The highest BCUT2D eigenvalue weighted by molar-refractivity contribution is 5.70. The number of carboxylic acid groups (broad SMARTS) is 1. The highest BCUT2D eigenvalue weighted by atomic mass is 16.6. The first-order chi connectivity index (χ1) is 30.6. The molecule has 0 bridgehead atoms. The van der Waals surface area contributed by atoms with Crippen LogP contribution in [0.4, 0.5) is 0 Å². The van der Waals surface area contributed by atoms with Gasteiger partial charge in [-0.05, 0) is 77.0 Å². The van der Waals surface area contributed by atoms with E-state index in [0.29, 0.717) is 12.8 Å². The summed E-state index contributed by atoms with van der Waals surface area (Å²) in [5.74, 6) is -1.81. The van der Waals surface area contributed by atoms with Crippen molar-refractivity contribution in [1.82, 2.24) is 0 Å². The van der Waals surface area contributed by atoms with Crippen molar-refractivity contribution in [1.29, 1.82) is 0 Å². The minimum absolute atomic E-state index is 0.0202. The Balaban J connectivity index is 4.33. The van der Waals surface area contributed by atoms with E-state index >= 15 is 0 Å². The standard InChI is InChI=1S/C55H97NO7/c1-6-8-10-12-14-16-18-20-22-24-25-26-27-28-30-32-34-36-38-40-42-44-46-54(58)63-51(49-61-48-47-52(55(59)60)56(3,4)5)50-62-53(57)45-43-41-39-37-35-33-31-29-23-21-19-17-15-13-11-9-7-2/h21,23-25,27-28,31,33,37,39,51-52H,6-20,22,26,29-30,32,34-36,38,40-50H2,1-5H3/b23-21+,25-24+,28-27+,33-31+,39-37+. The van der Waals surface area contributed by atoms with Gasteiger partial charge >= 0.3 is 11.9 Å². The van der Waals surface area contributed by atoms with Crippen LogP contribution in [0.1, 0.15) is 219 Å². The lowest BCUT2D eigenvalue weighted by Crippen LogP contribution is -2.55. The zero-order valence-corrected chi connectivity index (χ0v) is 41.5. The third-order valence-corrected chi connectivity index (χ3v) is 11.4. The van der Waals surface area contributed by atoms with E-state index in [1.54, 1.807) is 21.1 Å². The molecule has 0 aromatic rings. The first kappa shape index (κ1) is 60.0. The fraction of sp³-hybridized carbons (Fsp3) is 0.764. The molecule has 0 amide bonds. The van der Waals surface area contributed by atoms with Crippen molar-refractivity contribution in [2.24, 2.45) is 0 Å². The van der Waals surface area contributed by atoms with Crippen LogP contribution >= 0.6 is 0 Å². The van der Waals surface area contributed by atoms with Gasteiger partial charge < -0.3 is 28.6 Å². The minimum atomic E-state index is -1.13. The number of carboxylic acids is 1. The second-order valence-corrected chi connectivity index (χ2v) is 18.4. The number of hydrogen-bond acceptors (Lipinski definition) is 7. The maximum atomic E-state index is 12.8. The Morgan fingerprint density at radius 3 is 1.29 bits per heavy atom. The summed E-state index contributed by atoms with van der Waals surface area (Å²) in [5.41, 5.74) is 0. The number of nitrogens with zero attached hydrogens (tertiary/aromatic N) is 1. The van der Waals surface area contributed by atoms with Crippen LogP contribution < -0.4 is 5.11 Å². The number of carbonyl (C=O) groups is 3. The summed E-state index contributed by atoms with van der Waals surface area (Å²) in [6.07, 6.45) is 56.9. The molecule has 2 unspecified atom stereocenters. The van der Waals surface area contributed by atoms with Gasteiger partial charge in [-0.15, -0.1) is 0 Å². The molecule has 2 atom stereocenters. The first-order valence-corrected chi connectivity index (χ1v) is 25.8. The summed E-state index contributed by atoms with van der Waals surface area (Å²) in [6.45, 7) is 4.60. The number of quaternary nitrogens is 1. The number of esters is 2. The molecular weight excluding hydrogens is 787 g/mol. The summed E-state index contributed by atoms with van der Waals surface area (Å²) in [5, 5.41) is 11.7. The Morgan fingerprint density at radius 2 is 0.857 bits per heavy atom. The maximum Gasteiger partial charge on any atom is 0.306 e. The lowest BCUT2D eigenvalue weighted by Gasteiger charge is -2.34. The molecule has 0 radical (unpaired) electrons. The van der Waals surface area contributed by atoms with Crippen LogP contribution in [0.2, 0.25) is 0 Å². The monoisotopic (exact) mass is 884 g/mol. The summed E-state index contributed by atoms with van der Waals surface area (Å²) < 4.78 is 17.2. The van der Waals surface area contributed by atoms with Crippen LogP contribution in [0.5, 0.6) is 0 Å². The van der Waals surface area contributed by atoms with Gasteiger partial charge in [0.25, 0.3) is 0 Å². The number of ether oxygens (including phenoxy) is 3. The van der Waals surface area contributed by atoms with Crippen LogP contribution in [0.3, 0.4) is 0 Å². The van der Waals surface area contributed by atoms with E-state index in [1.165, 1.54) is 122 Å². The predicted molar refractivity (Wildman–Crippen MR) is 263 cm³/mol. The molecule has 0 aliphatic heterocycles. The van der Waals surface area contributed by atoms with Gasteiger partial charge in [-0.25, -0.2) is 0 Å². The molecule has 0 spiro atoms. The van der Waals surface area contributed by atoms with Gasteiger partial charge in [0.2, 0.25) is 0 Å². The van der Waals surface area contributed by atoms with Crippen LogP contribution in [0.15, 0.2) is 60.8 Å². The summed E-state index contributed by atoms with van der Waals surface area (Å²) in [7, 11) is 5.40. The Hall–Kier alpha value is -2.97. The number of carbonyl (C=O) groups excluding carboxylic acids is 3. The molecule has 0 aliphatic rings. The molecule has 0 saturated heterocycles. The van der Waals surface area contributed by atoms with Gasteiger partial charge in [0.15, 0.2) is 6.10 Å². The smallest absolute Gasteiger partial charge is 0.306 e. The molecule has 0 aromatic carbocycles. The predicted octanol–water partition coefficient (Wildman–Crippen LogP) is 13.6. The molecule has 364 valence electrons. The number of hydrogen-bond donors (Lipinski definition) is 0. The first-order valence-electron chi connectivity index (χ1n) is 25.8. The molecule has 0 fully saturated rings.